The van der Waals surface area contributed by atoms with Gasteiger partial charge in [0, 0.05) is 0 Å². The van der Waals surface area contributed by atoms with E-state index >= 15 is 0 Å². The van der Waals surface area contributed by atoms with Crippen molar-refractivity contribution in [2.24, 2.45) is 0 Å². The van der Waals surface area contributed by atoms with E-state index in [1.807, 2.05) is 20.8 Å². The summed E-state index contributed by atoms with van der Waals surface area (Å²) in [5.41, 5.74) is -0.141. The van der Waals surface area contributed by atoms with Gasteiger partial charge in [-0.05, 0) is 43.9 Å². The summed E-state index contributed by atoms with van der Waals surface area (Å²) in [6.45, 7) is 6.47. The zero-order valence-electron chi connectivity index (χ0n) is 7.30. The van der Waals surface area contributed by atoms with Crippen molar-refractivity contribution in [2.45, 2.75) is 33.0 Å². The first kappa shape index (κ1) is 9.89. The Labute approximate surface area is 80.9 Å². The Morgan fingerprint density at radius 1 is 1.50 bits per heavy atom. The maximum absolute atomic E-state index is 5.54. The van der Waals surface area contributed by atoms with Crippen LogP contribution in [0.4, 0.5) is 0 Å². The van der Waals surface area contributed by atoms with Gasteiger partial charge in [-0.2, -0.15) is 4.37 Å². The molecular formula is C7H11ClN2OS. The highest BCUT2D eigenvalue weighted by molar-refractivity contribution is 7.05. The third kappa shape index (κ3) is 3.47. The SMILES string of the molecule is CC(C)(C)OCc1nc(Cl)ns1. The summed E-state index contributed by atoms with van der Waals surface area (Å²) in [6.07, 6.45) is 0. The van der Waals surface area contributed by atoms with Crippen LogP contribution in [0.5, 0.6) is 0 Å². The molecule has 68 valence electrons. The van der Waals surface area contributed by atoms with Crippen LogP contribution in [0.2, 0.25) is 5.28 Å². The number of hydrogen-bond donors (Lipinski definition) is 0. The number of halogens is 1. The molecule has 5 heteroatoms. The summed E-state index contributed by atoms with van der Waals surface area (Å²) in [5.74, 6) is 0. The van der Waals surface area contributed by atoms with Crippen LogP contribution in [0.15, 0.2) is 0 Å². The number of nitrogens with zero attached hydrogens (tertiary/aromatic N) is 2. The van der Waals surface area contributed by atoms with Crippen molar-refractivity contribution in [3.63, 3.8) is 0 Å². The van der Waals surface area contributed by atoms with Gasteiger partial charge in [-0.1, -0.05) is 0 Å². The van der Waals surface area contributed by atoms with Crippen LogP contribution in [0, 0.1) is 0 Å². The highest BCUT2D eigenvalue weighted by Crippen LogP contribution is 2.14. The zero-order valence-corrected chi connectivity index (χ0v) is 8.87. The molecule has 0 bridgehead atoms. The molecule has 3 nitrogen and oxygen atoms in total. The Morgan fingerprint density at radius 2 is 2.17 bits per heavy atom. The molecule has 0 aliphatic rings. The summed E-state index contributed by atoms with van der Waals surface area (Å²) in [6, 6.07) is 0. The minimum Gasteiger partial charge on any atom is -0.369 e. The van der Waals surface area contributed by atoms with Crippen molar-refractivity contribution >= 4 is 23.1 Å². The lowest BCUT2D eigenvalue weighted by atomic mass is 10.2. The maximum Gasteiger partial charge on any atom is 0.234 e. The highest BCUT2D eigenvalue weighted by Gasteiger charge is 2.11. The average molecular weight is 207 g/mol. The van der Waals surface area contributed by atoms with Gasteiger partial charge < -0.3 is 4.74 Å². The average Bonchev–Trinajstić information content (AvgIpc) is 2.30. The Hall–Kier alpha value is -0.190. The third-order valence-corrected chi connectivity index (χ3v) is 2.03. The van der Waals surface area contributed by atoms with Crippen LogP contribution in [0.25, 0.3) is 0 Å². The molecule has 0 aliphatic heterocycles. The molecule has 1 aromatic heterocycles. The van der Waals surface area contributed by atoms with Gasteiger partial charge in [0.05, 0.1) is 5.60 Å². The molecular weight excluding hydrogens is 196 g/mol. The normalized spacial score (nSPS) is 12.0. The Bertz CT molecular complexity index is 256. The Morgan fingerprint density at radius 3 is 2.58 bits per heavy atom. The quantitative estimate of drug-likeness (QED) is 0.746. The lowest BCUT2D eigenvalue weighted by molar-refractivity contribution is -0.0150. The second kappa shape index (κ2) is 3.68. The summed E-state index contributed by atoms with van der Waals surface area (Å²) >= 11 is 6.82. The number of ether oxygens (including phenoxy) is 1. The van der Waals surface area contributed by atoms with E-state index in [0.29, 0.717) is 11.9 Å². The van der Waals surface area contributed by atoms with Gasteiger partial charge in [-0.25, -0.2) is 4.98 Å². The van der Waals surface area contributed by atoms with Crippen LogP contribution in [-0.2, 0) is 11.3 Å². The minimum absolute atomic E-state index is 0.141. The third-order valence-electron chi connectivity index (χ3n) is 1.07. The van der Waals surface area contributed by atoms with E-state index in [9.17, 15) is 0 Å². The molecule has 0 spiro atoms. The first-order valence-electron chi connectivity index (χ1n) is 3.59. The number of hydrogen-bond acceptors (Lipinski definition) is 4. The lowest BCUT2D eigenvalue weighted by Crippen LogP contribution is -2.18. The van der Waals surface area contributed by atoms with Crippen LogP contribution in [0.1, 0.15) is 25.8 Å². The van der Waals surface area contributed by atoms with Crippen LogP contribution < -0.4 is 0 Å². The van der Waals surface area contributed by atoms with Gasteiger partial charge in [-0.15, -0.1) is 0 Å². The van der Waals surface area contributed by atoms with E-state index < -0.39 is 0 Å². The van der Waals surface area contributed by atoms with Crippen molar-refractivity contribution in [2.75, 3.05) is 0 Å². The van der Waals surface area contributed by atoms with Gasteiger partial charge in [0.15, 0.2) is 0 Å². The monoisotopic (exact) mass is 206 g/mol. The largest absolute Gasteiger partial charge is 0.369 e. The topological polar surface area (TPSA) is 35.0 Å². The van der Waals surface area contributed by atoms with Gasteiger partial charge in [0.25, 0.3) is 0 Å². The fourth-order valence-corrected chi connectivity index (χ4v) is 1.29. The molecule has 0 radical (unpaired) electrons. The first-order chi connectivity index (χ1) is 5.47. The standard InChI is InChI=1S/C7H11ClN2OS/c1-7(2,3)11-4-5-9-6(8)10-12-5/h4H2,1-3H3. The minimum atomic E-state index is -0.141. The number of aromatic nitrogens is 2. The predicted octanol–water partition coefficient (Wildman–Crippen LogP) is 2.51. The molecule has 1 heterocycles. The molecule has 0 saturated carbocycles. The molecule has 12 heavy (non-hydrogen) atoms. The van der Waals surface area contributed by atoms with Gasteiger partial charge in [0.2, 0.25) is 5.28 Å². The first-order valence-corrected chi connectivity index (χ1v) is 4.74. The molecule has 0 saturated heterocycles. The predicted molar refractivity (Wildman–Crippen MR) is 49.5 cm³/mol. The van der Waals surface area contributed by atoms with Gasteiger partial charge >= 0.3 is 0 Å². The highest BCUT2D eigenvalue weighted by atomic mass is 35.5. The van der Waals surface area contributed by atoms with E-state index in [1.165, 1.54) is 11.5 Å². The van der Waals surface area contributed by atoms with Crippen molar-refractivity contribution in [3.8, 4) is 0 Å². The van der Waals surface area contributed by atoms with Crippen molar-refractivity contribution < 1.29 is 4.74 Å². The summed E-state index contributed by atoms with van der Waals surface area (Å²) < 4.78 is 9.31. The van der Waals surface area contributed by atoms with Crippen molar-refractivity contribution in [3.05, 3.63) is 10.3 Å². The molecule has 0 amide bonds. The zero-order chi connectivity index (χ0) is 9.19. The molecule has 1 rings (SSSR count). The van der Waals surface area contributed by atoms with Gasteiger partial charge in [-0.3, -0.25) is 0 Å². The molecule has 0 fully saturated rings. The molecule has 0 N–H and O–H groups in total. The molecule has 0 unspecified atom stereocenters. The van der Waals surface area contributed by atoms with E-state index in [4.69, 9.17) is 16.3 Å². The fourth-order valence-electron chi connectivity index (χ4n) is 0.571. The lowest BCUT2D eigenvalue weighted by Gasteiger charge is -2.17. The summed E-state index contributed by atoms with van der Waals surface area (Å²) in [5, 5.41) is 1.11. The second-order valence-corrected chi connectivity index (χ2v) is 4.53. The van der Waals surface area contributed by atoms with E-state index in [0.717, 1.165) is 5.01 Å². The van der Waals surface area contributed by atoms with Crippen LogP contribution in [-0.4, -0.2) is 15.0 Å². The fraction of sp³-hybridized carbons (Fsp3) is 0.714. The van der Waals surface area contributed by atoms with E-state index in [-0.39, 0.29) is 5.60 Å². The van der Waals surface area contributed by atoms with E-state index in [2.05, 4.69) is 9.36 Å². The summed E-state index contributed by atoms with van der Waals surface area (Å²) in [7, 11) is 0. The molecule has 0 atom stereocenters. The molecule has 1 aromatic rings. The Kier molecular flexibility index (Phi) is 3.04. The van der Waals surface area contributed by atoms with Crippen molar-refractivity contribution in [1.82, 2.24) is 9.36 Å². The van der Waals surface area contributed by atoms with Gasteiger partial charge in [0.1, 0.15) is 11.6 Å². The van der Waals surface area contributed by atoms with E-state index in [1.54, 1.807) is 0 Å². The smallest absolute Gasteiger partial charge is 0.234 e. The Balaban J connectivity index is 2.44. The second-order valence-electron chi connectivity index (χ2n) is 3.36. The van der Waals surface area contributed by atoms with Crippen molar-refractivity contribution in [1.29, 1.82) is 0 Å². The molecule has 0 aliphatic carbocycles. The van der Waals surface area contributed by atoms with Crippen LogP contribution >= 0.6 is 23.1 Å². The van der Waals surface area contributed by atoms with Crippen LogP contribution in [0.3, 0.4) is 0 Å². The number of rotatable bonds is 2. The summed E-state index contributed by atoms with van der Waals surface area (Å²) in [4.78, 5) is 3.96. The maximum atomic E-state index is 5.54. The molecule has 0 aromatic carbocycles.